The Morgan fingerprint density at radius 2 is 2.20 bits per heavy atom. The number of rotatable bonds is 1. The van der Waals surface area contributed by atoms with E-state index in [0.717, 1.165) is 0 Å². The van der Waals surface area contributed by atoms with Gasteiger partial charge in [-0.3, -0.25) is 0 Å². The summed E-state index contributed by atoms with van der Waals surface area (Å²) < 4.78 is 5.06. The molecule has 1 aliphatic rings. The average Bonchev–Trinajstić information content (AvgIpc) is 2.14. The number of ether oxygens (including phenoxy) is 1. The Bertz CT molecular complexity index is 118. The predicted molar refractivity (Wildman–Crippen MR) is 40.2 cm³/mol. The molecule has 4 atom stereocenters. The summed E-state index contributed by atoms with van der Waals surface area (Å²) in [5, 5.41) is 18.2. The molecular weight excluding hydrogens is 152 g/mol. The monoisotopic (exact) mass is 164 g/mol. The minimum absolute atomic E-state index is 0.0350. The van der Waals surface area contributed by atoms with E-state index < -0.39 is 12.2 Å². The summed E-state index contributed by atoms with van der Waals surface area (Å²) in [5.41, 5.74) is 0. The summed E-state index contributed by atoms with van der Waals surface area (Å²) in [6, 6.07) is 0. The summed E-state index contributed by atoms with van der Waals surface area (Å²) in [6.45, 7) is 2.05. The topological polar surface area (TPSA) is 49.7 Å². The Kier molecular flexibility index (Phi) is 2.57. The number of hydrogen-bond acceptors (Lipinski definition) is 4. The minimum atomic E-state index is -0.771. The van der Waals surface area contributed by atoms with Gasteiger partial charge in [0.05, 0.1) is 12.7 Å². The maximum absolute atomic E-state index is 9.20. The van der Waals surface area contributed by atoms with Crippen molar-refractivity contribution >= 4 is 12.6 Å². The molecule has 10 heavy (non-hydrogen) atoms. The van der Waals surface area contributed by atoms with Gasteiger partial charge in [0.1, 0.15) is 12.2 Å². The number of aliphatic hydroxyl groups excluding tert-OH is 2. The molecule has 0 aliphatic carbocycles. The van der Waals surface area contributed by atoms with Crippen molar-refractivity contribution in [3.63, 3.8) is 0 Å². The standard InChI is InChI=1S/C6H12O3S/c1-3(10)6-5(8)4(7)2-9-6/h3-8,10H,2H2,1H3. The zero-order valence-corrected chi connectivity index (χ0v) is 6.66. The lowest BCUT2D eigenvalue weighted by atomic mass is 10.1. The quantitative estimate of drug-likeness (QED) is 0.455. The van der Waals surface area contributed by atoms with Crippen LogP contribution in [0.5, 0.6) is 0 Å². The molecule has 60 valence electrons. The lowest BCUT2D eigenvalue weighted by Gasteiger charge is -2.17. The van der Waals surface area contributed by atoms with E-state index in [2.05, 4.69) is 12.6 Å². The van der Waals surface area contributed by atoms with Crippen molar-refractivity contribution < 1.29 is 14.9 Å². The van der Waals surface area contributed by atoms with E-state index in [9.17, 15) is 5.11 Å². The summed E-state index contributed by atoms with van der Waals surface area (Å²) >= 11 is 4.10. The van der Waals surface area contributed by atoms with Crippen LogP contribution in [0.3, 0.4) is 0 Å². The van der Waals surface area contributed by atoms with Gasteiger partial charge in [0.15, 0.2) is 0 Å². The molecule has 4 unspecified atom stereocenters. The molecular formula is C6H12O3S. The molecule has 0 bridgehead atoms. The molecule has 1 saturated heterocycles. The normalized spacial score (nSPS) is 43.8. The van der Waals surface area contributed by atoms with Gasteiger partial charge in [0.25, 0.3) is 0 Å². The molecule has 1 aliphatic heterocycles. The van der Waals surface area contributed by atoms with E-state index in [4.69, 9.17) is 9.84 Å². The fraction of sp³-hybridized carbons (Fsp3) is 1.00. The molecule has 4 heteroatoms. The first-order valence-electron chi connectivity index (χ1n) is 3.28. The second kappa shape index (κ2) is 3.09. The van der Waals surface area contributed by atoms with E-state index in [0.29, 0.717) is 0 Å². The first-order chi connectivity index (χ1) is 4.63. The Morgan fingerprint density at radius 3 is 2.40 bits per heavy atom. The molecule has 2 N–H and O–H groups in total. The predicted octanol–water partition coefficient (Wildman–Crippen LogP) is -0.575. The van der Waals surface area contributed by atoms with E-state index in [1.54, 1.807) is 0 Å². The van der Waals surface area contributed by atoms with Crippen LogP contribution in [0.4, 0.5) is 0 Å². The molecule has 1 heterocycles. The lowest BCUT2D eigenvalue weighted by molar-refractivity contribution is 0.0247. The van der Waals surface area contributed by atoms with Crippen LogP contribution in [0.25, 0.3) is 0 Å². The van der Waals surface area contributed by atoms with Gasteiger partial charge in [-0.2, -0.15) is 12.6 Å². The van der Waals surface area contributed by atoms with Gasteiger partial charge in [-0.25, -0.2) is 0 Å². The highest BCUT2D eigenvalue weighted by molar-refractivity contribution is 7.81. The largest absolute Gasteiger partial charge is 0.388 e. The molecule has 0 radical (unpaired) electrons. The molecule has 1 rings (SSSR count). The van der Waals surface area contributed by atoms with Gasteiger partial charge in [-0.05, 0) is 0 Å². The van der Waals surface area contributed by atoms with Crippen LogP contribution in [0.1, 0.15) is 6.92 Å². The maximum atomic E-state index is 9.20. The molecule has 0 saturated carbocycles. The molecule has 0 aromatic rings. The van der Waals surface area contributed by atoms with Crippen LogP contribution in [0, 0.1) is 0 Å². The highest BCUT2D eigenvalue weighted by Gasteiger charge is 2.36. The van der Waals surface area contributed by atoms with Crippen LogP contribution in [0.2, 0.25) is 0 Å². The zero-order chi connectivity index (χ0) is 7.72. The van der Waals surface area contributed by atoms with Gasteiger partial charge in [0, 0.05) is 5.25 Å². The first kappa shape index (κ1) is 8.33. The summed E-state index contributed by atoms with van der Waals surface area (Å²) in [4.78, 5) is 0. The summed E-state index contributed by atoms with van der Waals surface area (Å²) in [6.07, 6.45) is -1.83. The first-order valence-corrected chi connectivity index (χ1v) is 3.80. The van der Waals surface area contributed by atoms with Crippen molar-refractivity contribution in [3.8, 4) is 0 Å². The van der Waals surface area contributed by atoms with Crippen molar-refractivity contribution in [1.29, 1.82) is 0 Å². The van der Waals surface area contributed by atoms with E-state index >= 15 is 0 Å². The molecule has 0 aromatic carbocycles. The zero-order valence-electron chi connectivity index (χ0n) is 5.77. The van der Waals surface area contributed by atoms with Crippen LogP contribution in [0.15, 0.2) is 0 Å². The molecule has 0 amide bonds. The number of thiol groups is 1. The second-order valence-electron chi connectivity index (χ2n) is 2.60. The van der Waals surface area contributed by atoms with Crippen molar-refractivity contribution in [2.24, 2.45) is 0 Å². The van der Waals surface area contributed by atoms with E-state index in [-0.39, 0.29) is 18.0 Å². The van der Waals surface area contributed by atoms with Crippen LogP contribution in [-0.2, 0) is 4.74 Å². The average molecular weight is 164 g/mol. The molecule has 0 aromatic heterocycles. The van der Waals surface area contributed by atoms with Crippen molar-refractivity contribution in [2.75, 3.05) is 6.61 Å². The highest BCUT2D eigenvalue weighted by atomic mass is 32.1. The van der Waals surface area contributed by atoms with Gasteiger partial charge >= 0.3 is 0 Å². The van der Waals surface area contributed by atoms with Crippen molar-refractivity contribution in [1.82, 2.24) is 0 Å². The number of aliphatic hydroxyl groups is 2. The Morgan fingerprint density at radius 1 is 1.60 bits per heavy atom. The van der Waals surface area contributed by atoms with E-state index in [1.807, 2.05) is 6.92 Å². The molecule has 0 spiro atoms. The Labute approximate surface area is 65.4 Å². The third kappa shape index (κ3) is 1.45. The smallest absolute Gasteiger partial charge is 0.109 e. The SMILES string of the molecule is CC(S)C1OCC(O)C1O. The third-order valence-corrected chi connectivity index (χ3v) is 1.96. The van der Waals surface area contributed by atoms with Gasteiger partial charge in [-0.15, -0.1) is 0 Å². The van der Waals surface area contributed by atoms with E-state index in [1.165, 1.54) is 0 Å². The summed E-state index contributed by atoms with van der Waals surface area (Å²) in [7, 11) is 0. The third-order valence-electron chi connectivity index (χ3n) is 1.67. The van der Waals surface area contributed by atoms with Crippen LogP contribution in [-0.4, -0.2) is 40.4 Å². The van der Waals surface area contributed by atoms with Gasteiger partial charge < -0.3 is 14.9 Å². The molecule has 3 nitrogen and oxygen atoms in total. The Hall–Kier alpha value is 0.230. The fourth-order valence-corrected chi connectivity index (χ4v) is 1.31. The maximum Gasteiger partial charge on any atom is 0.109 e. The highest BCUT2D eigenvalue weighted by Crippen LogP contribution is 2.19. The van der Waals surface area contributed by atoms with Gasteiger partial charge in [-0.1, -0.05) is 6.92 Å². The number of hydrogen-bond donors (Lipinski definition) is 3. The minimum Gasteiger partial charge on any atom is -0.388 e. The lowest BCUT2D eigenvalue weighted by Crippen LogP contribution is -2.34. The Balaban J connectivity index is 2.49. The van der Waals surface area contributed by atoms with Crippen molar-refractivity contribution in [3.05, 3.63) is 0 Å². The second-order valence-corrected chi connectivity index (χ2v) is 3.41. The van der Waals surface area contributed by atoms with Crippen molar-refractivity contribution in [2.45, 2.75) is 30.5 Å². The molecule has 1 fully saturated rings. The summed E-state index contributed by atoms with van der Waals surface area (Å²) in [5.74, 6) is 0. The van der Waals surface area contributed by atoms with Crippen LogP contribution >= 0.6 is 12.6 Å². The van der Waals surface area contributed by atoms with Gasteiger partial charge in [0.2, 0.25) is 0 Å². The fourth-order valence-electron chi connectivity index (χ4n) is 1.05. The van der Waals surface area contributed by atoms with Crippen LogP contribution < -0.4 is 0 Å².